The Morgan fingerprint density at radius 2 is 1.86 bits per heavy atom. The SMILES string of the molecule is CC(C)(C)c1ccc(S(=O)(=O)NCCc2cncs2)cc1. The summed E-state index contributed by atoms with van der Waals surface area (Å²) in [5.41, 5.74) is 2.88. The Morgan fingerprint density at radius 3 is 2.38 bits per heavy atom. The van der Waals surface area contributed by atoms with Gasteiger partial charge in [-0.05, 0) is 29.5 Å². The lowest BCUT2D eigenvalue weighted by Gasteiger charge is -2.19. The van der Waals surface area contributed by atoms with Crippen molar-refractivity contribution in [1.29, 1.82) is 0 Å². The van der Waals surface area contributed by atoms with Crippen LogP contribution in [0.25, 0.3) is 0 Å². The Kier molecular flexibility index (Phi) is 4.81. The number of hydrogen-bond acceptors (Lipinski definition) is 4. The van der Waals surface area contributed by atoms with Gasteiger partial charge in [-0.3, -0.25) is 4.98 Å². The minimum Gasteiger partial charge on any atom is -0.253 e. The summed E-state index contributed by atoms with van der Waals surface area (Å²) < 4.78 is 27.0. The summed E-state index contributed by atoms with van der Waals surface area (Å²) in [5.74, 6) is 0. The summed E-state index contributed by atoms with van der Waals surface area (Å²) in [6.45, 7) is 6.68. The lowest BCUT2D eigenvalue weighted by atomic mass is 9.87. The maximum atomic E-state index is 12.2. The van der Waals surface area contributed by atoms with Crippen LogP contribution in [0.3, 0.4) is 0 Å². The predicted octanol–water partition coefficient (Wildman–Crippen LogP) is 2.96. The summed E-state index contributed by atoms with van der Waals surface area (Å²) in [4.78, 5) is 5.34. The maximum Gasteiger partial charge on any atom is 0.240 e. The number of nitrogens with zero attached hydrogens (tertiary/aromatic N) is 1. The van der Waals surface area contributed by atoms with Gasteiger partial charge in [0.2, 0.25) is 10.0 Å². The van der Waals surface area contributed by atoms with Crippen molar-refractivity contribution in [2.75, 3.05) is 6.54 Å². The van der Waals surface area contributed by atoms with E-state index in [-0.39, 0.29) is 5.41 Å². The van der Waals surface area contributed by atoms with Crippen molar-refractivity contribution < 1.29 is 8.42 Å². The predicted molar refractivity (Wildman–Crippen MR) is 86.1 cm³/mol. The molecule has 2 aromatic rings. The summed E-state index contributed by atoms with van der Waals surface area (Å²) in [6.07, 6.45) is 2.42. The van der Waals surface area contributed by atoms with E-state index in [2.05, 4.69) is 30.5 Å². The molecule has 0 unspecified atom stereocenters. The zero-order chi connectivity index (χ0) is 15.5. The molecule has 1 aromatic heterocycles. The van der Waals surface area contributed by atoms with E-state index < -0.39 is 10.0 Å². The molecular weight excluding hydrogens is 304 g/mol. The summed E-state index contributed by atoms with van der Waals surface area (Å²) in [7, 11) is -3.44. The van der Waals surface area contributed by atoms with E-state index >= 15 is 0 Å². The highest BCUT2D eigenvalue weighted by atomic mass is 32.2. The Balaban J connectivity index is 2.02. The Bertz CT molecular complexity index is 669. The summed E-state index contributed by atoms with van der Waals surface area (Å²) in [6, 6.07) is 7.07. The minimum absolute atomic E-state index is 0.0158. The van der Waals surface area contributed by atoms with Gasteiger partial charge in [-0.15, -0.1) is 11.3 Å². The number of rotatable bonds is 5. The van der Waals surface area contributed by atoms with E-state index in [1.807, 2.05) is 12.1 Å². The monoisotopic (exact) mass is 324 g/mol. The van der Waals surface area contributed by atoms with Gasteiger partial charge in [-0.25, -0.2) is 13.1 Å². The van der Waals surface area contributed by atoms with Gasteiger partial charge in [-0.1, -0.05) is 32.9 Å². The zero-order valence-corrected chi connectivity index (χ0v) is 14.1. The summed E-state index contributed by atoms with van der Waals surface area (Å²) >= 11 is 1.53. The van der Waals surface area contributed by atoms with E-state index in [9.17, 15) is 8.42 Å². The highest BCUT2D eigenvalue weighted by Gasteiger charge is 2.17. The average molecular weight is 324 g/mol. The molecule has 0 aliphatic carbocycles. The molecule has 0 radical (unpaired) electrons. The van der Waals surface area contributed by atoms with Gasteiger partial charge in [-0.2, -0.15) is 0 Å². The second kappa shape index (κ2) is 6.25. The third kappa shape index (κ3) is 4.36. The molecule has 2 rings (SSSR count). The van der Waals surface area contributed by atoms with E-state index in [0.29, 0.717) is 17.9 Å². The van der Waals surface area contributed by atoms with Crippen molar-refractivity contribution in [2.24, 2.45) is 0 Å². The van der Waals surface area contributed by atoms with Gasteiger partial charge in [0.15, 0.2) is 0 Å². The van der Waals surface area contributed by atoms with Crippen LogP contribution in [-0.4, -0.2) is 19.9 Å². The second-order valence-electron chi connectivity index (χ2n) is 5.89. The van der Waals surface area contributed by atoms with Crippen molar-refractivity contribution in [2.45, 2.75) is 37.5 Å². The van der Waals surface area contributed by atoms with Gasteiger partial charge in [0.05, 0.1) is 10.4 Å². The molecule has 0 aliphatic heterocycles. The molecule has 0 bridgehead atoms. The molecule has 4 nitrogen and oxygen atoms in total. The molecule has 0 amide bonds. The fourth-order valence-corrected chi connectivity index (χ4v) is 3.52. The van der Waals surface area contributed by atoms with Gasteiger partial charge in [0.25, 0.3) is 0 Å². The number of nitrogens with one attached hydrogen (secondary N) is 1. The van der Waals surface area contributed by atoms with Crippen LogP contribution in [0, 0.1) is 0 Å². The molecule has 21 heavy (non-hydrogen) atoms. The Morgan fingerprint density at radius 1 is 1.19 bits per heavy atom. The lowest BCUT2D eigenvalue weighted by Crippen LogP contribution is -2.26. The van der Waals surface area contributed by atoms with Crippen LogP contribution in [0.15, 0.2) is 40.9 Å². The van der Waals surface area contributed by atoms with Gasteiger partial charge < -0.3 is 0 Å². The average Bonchev–Trinajstić information content (AvgIpc) is 2.91. The quantitative estimate of drug-likeness (QED) is 0.920. The molecular formula is C15H20N2O2S2. The van der Waals surface area contributed by atoms with Crippen LogP contribution in [0.1, 0.15) is 31.2 Å². The van der Waals surface area contributed by atoms with Crippen molar-refractivity contribution >= 4 is 21.4 Å². The van der Waals surface area contributed by atoms with Crippen molar-refractivity contribution in [3.05, 3.63) is 46.4 Å². The van der Waals surface area contributed by atoms with Crippen LogP contribution in [-0.2, 0) is 21.9 Å². The van der Waals surface area contributed by atoms with Crippen molar-refractivity contribution in [3.8, 4) is 0 Å². The molecule has 0 fully saturated rings. The van der Waals surface area contributed by atoms with Crippen molar-refractivity contribution in [3.63, 3.8) is 0 Å². The molecule has 6 heteroatoms. The minimum atomic E-state index is -3.44. The molecule has 114 valence electrons. The molecule has 1 N–H and O–H groups in total. The molecule has 1 aromatic carbocycles. The third-order valence-electron chi connectivity index (χ3n) is 3.18. The van der Waals surface area contributed by atoms with Crippen LogP contribution in [0.2, 0.25) is 0 Å². The second-order valence-corrected chi connectivity index (χ2v) is 8.63. The summed E-state index contributed by atoms with van der Waals surface area (Å²) in [5, 5.41) is 0. The van der Waals surface area contributed by atoms with Gasteiger partial charge in [0, 0.05) is 17.6 Å². The molecule has 0 spiro atoms. The first kappa shape index (κ1) is 16.1. The number of thiazole rings is 1. The first-order valence-corrected chi connectivity index (χ1v) is 9.13. The fourth-order valence-electron chi connectivity index (χ4n) is 1.89. The molecule has 0 aliphatic rings. The normalized spacial score (nSPS) is 12.5. The number of sulfonamides is 1. The molecule has 0 saturated heterocycles. The number of benzene rings is 1. The topological polar surface area (TPSA) is 59.1 Å². The van der Waals surface area contributed by atoms with Gasteiger partial charge in [0.1, 0.15) is 0 Å². The van der Waals surface area contributed by atoms with Crippen LogP contribution >= 0.6 is 11.3 Å². The first-order chi connectivity index (χ1) is 9.79. The Labute approximate surface area is 130 Å². The third-order valence-corrected chi connectivity index (χ3v) is 5.49. The highest BCUT2D eigenvalue weighted by molar-refractivity contribution is 7.89. The van der Waals surface area contributed by atoms with E-state index in [1.54, 1.807) is 23.8 Å². The standard InChI is InChI=1S/C15H20N2O2S2/c1-15(2,3)12-4-6-14(7-5-12)21(18,19)17-9-8-13-10-16-11-20-13/h4-7,10-11,17H,8-9H2,1-3H3. The zero-order valence-electron chi connectivity index (χ0n) is 12.5. The van der Waals surface area contributed by atoms with Crippen molar-refractivity contribution in [1.82, 2.24) is 9.71 Å². The maximum absolute atomic E-state index is 12.2. The lowest BCUT2D eigenvalue weighted by molar-refractivity contribution is 0.578. The fraction of sp³-hybridized carbons (Fsp3) is 0.400. The largest absolute Gasteiger partial charge is 0.253 e. The smallest absolute Gasteiger partial charge is 0.240 e. The van der Waals surface area contributed by atoms with E-state index in [1.165, 1.54) is 11.3 Å². The van der Waals surface area contributed by atoms with E-state index in [0.717, 1.165) is 10.4 Å². The van der Waals surface area contributed by atoms with Crippen LogP contribution in [0.5, 0.6) is 0 Å². The first-order valence-electron chi connectivity index (χ1n) is 6.76. The highest BCUT2D eigenvalue weighted by Crippen LogP contribution is 2.23. The van der Waals surface area contributed by atoms with Gasteiger partial charge >= 0.3 is 0 Å². The van der Waals surface area contributed by atoms with Crippen LogP contribution in [0.4, 0.5) is 0 Å². The molecule has 0 saturated carbocycles. The molecule has 1 heterocycles. The number of hydrogen-bond donors (Lipinski definition) is 1. The molecule has 0 atom stereocenters. The van der Waals surface area contributed by atoms with E-state index in [4.69, 9.17) is 0 Å². The van der Waals surface area contributed by atoms with Crippen LogP contribution < -0.4 is 4.72 Å². The number of aromatic nitrogens is 1. The Hall–Kier alpha value is -1.24.